The quantitative estimate of drug-likeness (QED) is 0.713. The van der Waals surface area contributed by atoms with Gasteiger partial charge in [-0.15, -0.1) is 0 Å². The number of likely N-dealkylation sites (N-methyl/N-ethyl adjacent to an activating group) is 1. The van der Waals surface area contributed by atoms with Gasteiger partial charge in [-0.05, 0) is 38.2 Å². The number of carbonyl (C=O) groups excluding carboxylic acids is 2. The summed E-state index contributed by atoms with van der Waals surface area (Å²) in [6.45, 7) is 2.11. The number of rotatable bonds is 7. The first-order valence-electron chi connectivity index (χ1n) is 8.62. The highest BCUT2D eigenvalue weighted by Crippen LogP contribution is 2.37. The number of fused-ring (bicyclic) bond motifs is 1. The Morgan fingerprint density at radius 1 is 1.21 bits per heavy atom. The predicted molar refractivity (Wildman–Crippen MR) is 106 cm³/mol. The van der Waals surface area contributed by atoms with Crippen LogP contribution in [0.1, 0.15) is 22.8 Å². The van der Waals surface area contributed by atoms with E-state index in [4.69, 9.17) is 25.8 Å². The SMILES string of the molecule is COc1ccc(Cl)cc1CN(C)CC(=O)Nc1cc2c(cc1C(C)=O)OCO2. The number of amides is 1. The topological polar surface area (TPSA) is 77.1 Å². The molecule has 1 N–H and O–H groups in total. The van der Waals surface area contributed by atoms with Crippen molar-refractivity contribution in [3.63, 3.8) is 0 Å². The van der Waals surface area contributed by atoms with Gasteiger partial charge >= 0.3 is 0 Å². The Morgan fingerprint density at radius 3 is 2.61 bits per heavy atom. The van der Waals surface area contributed by atoms with Crippen LogP contribution in [0.2, 0.25) is 5.02 Å². The average molecular weight is 405 g/mol. The number of nitrogens with one attached hydrogen (secondary N) is 1. The lowest BCUT2D eigenvalue weighted by molar-refractivity contribution is -0.117. The molecule has 0 spiro atoms. The van der Waals surface area contributed by atoms with Crippen LogP contribution in [-0.2, 0) is 11.3 Å². The molecule has 148 valence electrons. The number of benzene rings is 2. The van der Waals surface area contributed by atoms with Crippen molar-refractivity contribution >= 4 is 29.0 Å². The number of hydrogen-bond acceptors (Lipinski definition) is 6. The van der Waals surface area contributed by atoms with Gasteiger partial charge in [-0.1, -0.05) is 11.6 Å². The minimum atomic E-state index is -0.259. The maximum atomic E-state index is 12.5. The van der Waals surface area contributed by atoms with Crippen LogP contribution in [0, 0.1) is 0 Å². The number of halogens is 1. The first-order valence-corrected chi connectivity index (χ1v) is 9.00. The molecule has 0 aromatic heterocycles. The van der Waals surface area contributed by atoms with Crippen molar-refractivity contribution in [1.29, 1.82) is 0 Å². The Morgan fingerprint density at radius 2 is 1.93 bits per heavy atom. The molecule has 1 aliphatic rings. The number of anilines is 1. The Balaban J connectivity index is 1.69. The molecular weight excluding hydrogens is 384 g/mol. The maximum Gasteiger partial charge on any atom is 0.238 e. The van der Waals surface area contributed by atoms with Crippen LogP contribution in [0.25, 0.3) is 0 Å². The second kappa shape index (κ2) is 8.50. The molecule has 1 amide bonds. The van der Waals surface area contributed by atoms with Gasteiger partial charge in [-0.25, -0.2) is 0 Å². The molecule has 2 aromatic rings. The van der Waals surface area contributed by atoms with Crippen LogP contribution in [0.15, 0.2) is 30.3 Å². The zero-order chi connectivity index (χ0) is 20.3. The lowest BCUT2D eigenvalue weighted by atomic mass is 10.1. The Kier molecular flexibility index (Phi) is 6.06. The molecule has 1 heterocycles. The molecule has 8 heteroatoms. The van der Waals surface area contributed by atoms with Crippen molar-refractivity contribution in [3.05, 3.63) is 46.5 Å². The number of Topliss-reactive ketones (excluding diaryl/α,β-unsaturated/α-hetero) is 1. The number of carbonyl (C=O) groups is 2. The van der Waals surface area contributed by atoms with E-state index in [9.17, 15) is 9.59 Å². The van der Waals surface area contributed by atoms with Gasteiger partial charge in [0.15, 0.2) is 17.3 Å². The Hall–Kier alpha value is -2.77. The Bertz CT molecular complexity index is 916. The van der Waals surface area contributed by atoms with Crippen LogP contribution >= 0.6 is 11.6 Å². The normalized spacial score (nSPS) is 12.2. The minimum absolute atomic E-state index is 0.0916. The van der Waals surface area contributed by atoms with Crippen LogP contribution in [0.3, 0.4) is 0 Å². The van der Waals surface area contributed by atoms with Crippen molar-refractivity contribution in [2.24, 2.45) is 0 Å². The standard InChI is InChI=1S/C20H21ClN2O5/c1-12(24)15-7-18-19(28-11-27-18)8-16(15)22-20(25)10-23(2)9-13-6-14(21)4-5-17(13)26-3/h4-8H,9-11H2,1-3H3,(H,22,25). The van der Waals surface area contributed by atoms with E-state index < -0.39 is 0 Å². The van der Waals surface area contributed by atoms with Gasteiger partial charge in [0.2, 0.25) is 12.7 Å². The molecule has 0 bridgehead atoms. The molecule has 0 radical (unpaired) electrons. The van der Waals surface area contributed by atoms with E-state index in [0.717, 1.165) is 5.56 Å². The number of hydrogen-bond donors (Lipinski definition) is 1. The fraction of sp³-hybridized carbons (Fsp3) is 0.300. The van der Waals surface area contributed by atoms with Crippen molar-refractivity contribution in [1.82, 2.24) is 4.90 Å². The third-order valence-corrected chi connectivity index (χ3v) is 4.50. The first kappa shape index (κ1) is 20.0. The molecule has 28 heavy (non-hydrogen) atoms. The summed E-state index contributed by atoms with van der Waals surface area (Å²) in [5.74, 6) is 1.26. The molecule has 0 unspecified atom stereocenters. The molecule has 3 rings (SSSR count). The lowest BCUT2D eigenvalue weighted by Gasteiger charge is -2.19. The van der Waals surface area contributed by atoms with E-state index in [2.05, 4.69) is 5.32 Å². The van der Waals surface area contributed by atoms with Crippen LogP contribution in [0.4, 0.5) is 5.69 Å². The number of methoxy groups -OCH3 is 1. The average Bonchev–Trinajstić information content (AvgIpc) is 3.08. The van der Waals surface area contributed by atoms with Crippen LogP contribution < -0.4 is 19.5 Å². The highest BCUT2D eigenvalue weighted by molar-refractivity contribution is 6.30. The van der Waals surface area contributed by atoms with Crippen molar-refractivity contribution < 1.29 is 23.8 Å². The van der Waals surface area contributed by atoms with E-state index in [0.29, 0.717) is 40.1 Å². The summed E-state index contributed by atoms with van der Waals surface area (Å²) in [5, 5.41) is 3.38. The summed E-state index contributed by atoms with van der Waals surface area (Å²) in [5.41, 5.74) is 1.64. The summed E-state index contributed by atoms with van der Waals surface area (Å²) >= 11 is 6.06. The first-order chi connectivity index (χ1) is 13.4. The van der Waals surface area contributed by atoms with Gasteiger partial charge in [0.1, 0.15) is 5.75 Å². The Labute approximate surface area is 168 Å². The second-order valence-electron chi connectivity index (χ2n) is 6.48. The molecule has 2 aromatic carbocycles. The zero-order valence-electron chi connectivity index (χ0n) is 15.9. The maximum absolute atomic E-state index is 12.5. The van der Waals surface area contributed by atoms with Crippen molar-refractivity contribution in [2.45, 2.75) is 13.5 Å². The van der Waals surface area contributed by atoms with Crippen LogP contribution in [0.5, 0.6) is 17.2 Å². The molecule has 0 aliphatic carbocycles. The molecule has 0 saturated heterocycles. The highest BCUT2D eigenvalue weighted by atomic mass is 35.5. The van der Waals surface area contributed by atoms with Gasteiger partial charge in [0.05, 0.1) is 19.3 Å². The third-order valence-electron chi connectivity index (χ3n) is 4.26. The predicted octanol–water partition coefficient (Wildman–Crippen LogP) is 3.35. The molecule has 0 saturated carbocycles. The van der Waals surface area contributed by atoms with E-state index in [1.54, 1.807) is 37.4 Å². The van der Waals surface area contributed by atoms with Gasteiger partial charge in [0, 0.05) is 28.8 Å². The number of ketones is 1. The van der Waals surface area contributed by atoms with Gasteiger partial charge < -0.3 is 19.5 Å². The van der Waals surface area contributed by atoms with Gasteiger partial charge in [-0.3, -0.25) is 14.5 Å². The molecule has 7 nitrogen and oxygen atoms in total. The summed E-state index contributed by atoms with van der Waals surface area (Å²) in [6.07, 6.45) is 0. The molecule has 0 fully saturated rings. The molecular formula is C20H21ClN2O5. The molecule has 0 atom stereocenters. The fourth-order valence-electron chi connectivity index (χ4n) is 2.99. The summed E-state index contributed by atoms with van der Waals surface area (Å²) in [6, 6.07) is 8.54. The van der Waals surface area contributed by atoms with E-state index in [1.807, 2.05) is 11.9 Å². The largest absolute Gasteiger partial charge is 0.496 e. The summed E-state index contributed by atoms with van der Waals surface area (Å²) in [7, 11) is 3.40. The number of ether oxygens (including phenoxy) is 3. The van der Waals surface area contributed by atoms with Gasteiger partial charge in [0.25, 0.3) is 0 Å². The van der Waals surface area contributed by atoms with Crippen molar-refractivity contribution in [2.75, 3.05) is 32.8 Å². The van der Waals surface area contributed by atoms with E-state index >= 15 is 0 Å². The van der Waals surface area contributed by atoms with E-state index in [-0.39, 0.29) is 25.0 Å². The lowest BCUT2D eigenvalue weighted by Crippen LogP contribution is -2.30. The summed E-state index contributed by atoms with van der Waals surface area (Å²) < 4.78 is 16.0. The fourth-order valence-corrected chi connectivity index (χ4v) is 3.18. The van der Waals surface area contributed by atoms with E-state index in [1.165, 1.54) is 6.92 Å². The smallest absolute Gasteiger partial charge is 0.238 e. The second-order valence-corrected chi connectivity index (χ2v) is 6.92. The number of nitrogens with zero attached hydrogens (tertiary/aromatic N) is 1. The minimum Gasteiger partial charge on any atom is -0.496 e. The van der Waals surface area contributed by atoms with Gasteiger partial charge in [-0.2, -0.15) is 0 Å². The summed E-state index contributed by atoms with van der Waals surface area (Å²) in [4.78, 5) is 26.3. The highest BCUT2D eigenvalue weighted by Gasteiger charge is 2.21. The monoisotopic (exact) mass is 404 g/mol. The molecule has 1 aliphatic heterocycles. The van der Waals surface area contributed by atoms with Crippen LogP contribution in [-0.4, -0.2) is 44.1 Å². The zero-order valence-corrected chi connectivity index (χ0v) is 16.6. The third kappa shape index (κ3) is 4.55. The van der Waals surface area contributed by atoms with Crippen molar-refractivity contribution in [3.8, 4) is 17.2 Å².